The maximum atomic E-state index is 9.88. The largest absolute Gasteiger partial charge is 0.462 e. The Kier molecular flexibility index (Phi) is 3.87. The van der Waals surface area contributed by atoms with E-state index in [1.807, 2.05) is 0 Å². The van der Waals surface area contributed by atoms with Crippen molar-refractivity contribution in [2.24, 2.45) is 0 Å². The topological polar surface area (TPSA) is 118 Å². The van der Waals surface area contributed by atoms with E-state index in [-0.39, 0.29) is 6.79 Å². The van der Waals surface area contributed by atoms with Crippen LogP contribution in [0.3, 0.4) is 0 Å². The molecule has 0 amide bonds. The molecular weight excluding hydrogens is 284 g/mol. The van der Waals surface area contributed by atoms with E-state index in [1.54, 1.807) is 18.2 Å². The van der Waals surface area contributed by atoms with E-state index in [0.717, 1.165) is 0 Å². The molecule has 2 heterocycles. The van der Waals surface area contributed by atoms with E-state index >= 15 is 0 Å². The van der Waals surface area contributed by atoms with Crippen molar-refractivity contribution in [2.75, 3.05) is 13.4 Å². The van der Waals surface area contributed by atoms with Crippen LogP contribution in [0, 0.1) is 0 Å². The van der Waals surface area contributed by atoms with Gasteiger partial charge < -0.3 is 39.4 Å². The molecular formula is C13H16O8. The summed E-state index contributed by atoms with van der Waals surface area (Å²) in [7, 11) is 0. The molecule has 0 radical (unpaired) electrons. The Labute approximate surface area is 120 Å². The minimum Gasteiger partial charge on any atom is -0.462 e. The first-order valence-corrected chi connectivity index (χ1v) is 6.47. The number of benzene rings is 1. The van der Waals surface area contributed by atoms with Crippen molar-refractivity contribution in [1.82, 2.24) is 0 Å². The number of aliphatic hydroxyl groups excluding tert-OH is 4. The standard InChI is InChI=1S/C13H16O8/c14-4-9-10(15)11(16)12(17)13(21-9)20-6-1-2-7-8(3-6)19-5-18-7/h1-3,9-17H,4-5H2/t9-,10-,11+,12-,13+/m1/s1. The number of aliphatic hydroxyl groups is 4. The highest BCUT2D eigenvalue weighted by Gasteiger charge is 2.44. The molecule has 4 N–H and O–H groups in total. The molecule has 0 aliphatic carbocycles. The predicted octanol–water partition coefficient (Wildman–Crippen LogP) is -1.41. The van der Waals surface area contributed by atoms with E-state index in [2.05, 4.69) is 0 Å². The van der Waals surface area contributed by atoms with Gasteiger partial charge in [0, 0.05) is 6.07 Å². The van der Waals surface area contributed by atoms with Crippen LogP contribution in [0.25, 0.3) is 0 Å². The second-order valence-corrected chi connectivity index (χ2v) is 4.83. The van der Waals surface area contributed by atoms with Crippen LogP contribution in [0.15, 0.2) is 18.2 Å². The maximum Gasteiger partial charge on any atom is 0.231 e. The number of rotatable bonds is 3. The Hall–Kier alpha value is -1.58. The lowest BCUT2D eigenvalue weighted by molar-refractivity contribution is -0.277. The zero-order valence-corrected chi connectivity index (χ0v) is 11.0. The van der Waals surface area contributed by atoms with Gasteiger partial charge in [0.05, 0.1) is 6.61 Å². The summed E-state index contributed by atoms with van der Waals surface area (Å²) in [5.41, 5.74) is 0. The zero-order valence-electron chi connectivity index (χ0n) is 11.0. The summed E-state index contributed by atoms with van der Waals surface area (Å²) in [5, 5.41) is 38.4. The van der Waals surface area contributed by atoms with Crippen LogP contribution in [0.5, 0.6) is 17.2 Å². The van der Waals surface area contributed by atoms with Crippen LogP contribution in [0.4, 0.5) is 0 Å². The molecule has 21 heavy (non-hydrogen) atoms. The van der Waals surface area contributed by atoms with Gasteiger partial charge in [0.15, 0.2) is 11.5 Å². The molecule has 8 heteroatoms. The van der Waals surface area contributed by atoms with E-state index < -0.39 is 37.3 Å². The van der Waals surface area contributed by atoms with E-state index in [0.29, 0.717) is 17.2 Å². The highest BCUT2D eigenvalue weighted by Crippen LogP contribution is 2.36. The van der Waals surface area contributed by atoms with Crippen molar-refractivity contribution < 1.29 is 39.4 Å². The summed E-state index contributed by atoms with van der Waals surface area (Å²) >= 11 is 0. The Balaban J connectivity index is 1.74. The van der Waals surface area contributed by atoms with Crippen LogP contribution < -0.4 is 14.2 Å². The lowest BCUT2D eigenvalue weighted by Gasteiger charge is -2.39. The highest BCUT2D eigenvalue weighted by atomic mass is 16.7. The molecule has 5 atom stereocenters. The van der Waals surface area contributed by atoms with Crippen LogP contribution in [0.2, 0.25) is 0 Å². The lowest BCUT2D eigenvalue weighted by atomic mass is 9.99. The fourth-order valence-electron chi connectivity index (χ4n) is 2.25. The SMILES string of the molecule is OC[C@H]1O[C@H](Oc2ccc3c(c2)OCO3)[C@H](O)[C@@H](O)[C@@H]1O. The lowest BCUT2D eigenvalue weighted by Crippen LogP contribution is -2.60. The molecule has 0 unspecified atom stereocenters. The predicted molar refractivity (Wildman–Crippen MR) is 67.0 cm³/mol. The fraction of sp³-hybridized carbons (Fsp3) is 0.538. The molecule has 1 aromatic carbocycles. The average Bonchev–Trinajstić information content (AvgIpc) is 2.95. The third-order valence-corrected chi connectivity index (χ3v) is 3.44. The highest BCUT2D eigenvalue weighted by molar-refractivity contribution is 5.46. The fourth-order valence-corrected chi connectivity index (χ4v) is 2.25. The first kappa shape index (κ1) is 14.4. The molecule has 2 aliphatic rings. The van der Waals surface area contributed by atoms with Gasteiger partial charge in [-0.25, -0.2) is 0 Å². The first-order valence-electron chi connectivity index (χ1n) is 6.47. The maximum absolute atomic E-state index is 9.88. The zero-order chi connectivity index (χ0) is 15.0. The summed E-state index contributed by atoms with van der Waals surface area (Å²) < 4.78 is 21.1. The third-order valence-electron chi connectivity index (χ3n) is 3.44. The van der Waals surface area contributed by atoms with Gasteiger partial charge in [-0.15, -0.1) is 0 Å². The van der Waals surface area contributed by atoms with Gasteiger partial charge in [-0.05, 0) is 12.1 Å². The Bertz CT molecular complexity index is 505. The van der Waals surface area contributed by atoms with Crippen molar-refractivity contribution in [3.05, 3.63) is 18.2 Å². The minimum atomic E-state index is -1.48. The molecule has 2 aliphatic heterocycles. The second kappa shape index (κ2) is 5.66. The van der Waals surface area contributed by atoms with Crippen molar-refractivity contribution in [1.29, 1.82) is 0 Å². The molecule has 1 aromatic rings. The summed E-state index contributed by atoms with van der Waals surface area (Å²) in [6.45, 7) is -0.384. The van der Waals surface area contributed by atoms with E-state index in [9.17, 15) is 15.3 Å². The Morgan fingerprint density at radius 3 is 2.57 bits per heavy atom. The average molecular weight is 300 g/mol. The van der Waals surface area contributed by atoms with Gasteiger partial charge >= 0.3 is 0 Å². The molecule has 0 spiro atoms. The number of hydrogen-bond donors (Lipinski definition) is 4. The van der Waals surface area contributed by atoms with Gasteiger partial charge in [0.25, 0.3) is 0 Å². The van der Waals surface area contributed by atoms with Crippen molar-refractivity contribution >= 4 is 0 Å². The molecule has 3 rings (SSSR count). The van der Waals surface area contributed by atoms with Crippen LogP contribution in [-0.2, 0) is 4.74 Å². The van der Waals surface area contributed by atoms with Gasteiger partial charge in [-0.3, -0.25) is 0 Å². The minimum absolute atomic E-state index is 0.124. The Morgan fingerprint density at radius 2 is 1.81 bits per heavy atom. The summed E-state index contributed by atoms with van der Waals surface area (Å²) in [6, 6.07) is 4.79. The van der Waals surface area contributed by atoms with Gasteiger partial charge in [-0.2, -0.15) is 0 Å². The first-order chi connectivity index (χ1) is 10.1. The normalized spacial score (nSPS) is 34.8. The molecule has 1 saturated heterocycles. The van der Waals surface area contributed by atoms with E-state index in [1.165, 1.54) is 0 Å². The van der Waals surface area contributed by atoms with Crippen LogP contribution in [0.1, 0.15) is 0 Å². The third kappa shape index (κ3) is 2.63. The number of fused-ring (bicyclic) bond motifs is 1. The van der Waals surface area contributed by atoms with Crippen molar-refractivity contribution in [2.45, 2.75) is 30.7 Å². The second-order valence-electron chi connectivity index (χ2n) is 4.83. The molecule has 1 fully saturated rings. The van der Waals surface area contributed by atoms with Gasteiger partial charge in [0.2, 0.25) is 13.1 Å². The summed E-state index contributed by atoms with van der Waals surface area (Å²) in [5.74, 6) is 1.41. The Morgan fingerprint density at radius 1 is 1.05 bits per heavy atom. The van der Waals surface area contributed by atoms with Gasteiger partial charge in [-0.1, -0.05) is 0 Å². The smallest absolute Gasteiger partial charge is 0.231 e. The quantitative estimate of drug-likeness (QED) is 0.538. The molecule has 8 nitrogen and oxygen atoms in total. The van der Waals surface area contributed by atoms with Crippen LogP contribution >= 0.6 is 0 Å². The van der Waals surface area contributed by atoms with Crippen molar-refractivity contribution in [3.63, 3.8) is 0 Å². The number of ether oxygens (including phenoxy) is 4. The molecule has 0 saturated carbocycles. The van der Waals surface area contributed by atoms with Gasteiger partial charge in [0.1, 0.15) is 30.2 Å². The number of hydrogen-bond acceptors (Lipinski definition) is 8. The van der Waals surface area contributed by atoms with E-state index in [4.69, 9.17) is 24.1 Å². The molecule has 0 aromatic heterocycles. The molecule has 116 valence electrons. The van der Waals surface area contributed by atoms with Crippen molar-refractivity contribution in [3.8, 4) is 17.2 Å². The summed E-state index contributed by atoms with van der Waals surface area (Å²) in [4.78, 5) is 0. The summed E-state index contributed by atoms with van der Waals surface area (Å²) in [6.07, 6.45) is -6.58. The monoisotopic (exact) mass is 300 g/mol. The van der Waals surface area contributed by atoms with Crippen LogP contribution in [-0.4, -0.2) is 64.5 Å². The molecule has 0 bridgehead atoms.